The van der Waals surface area contributed by atoms with Crippen molar-refractivity contribution >= 4 is 5.78 Å². The van der Waals surface area contributed by atoms with Gasteiger partial charge in [0.05, 0.1) is 0 Å². The van der Waals surface area contributed by atoms with Crippen LogP contribution in [0.1, 0.15) is 49.3 Å². The molecule has 0 spiro atoms. The summed E-state index contributed by atoms with van der Waals surface area (Å²) in [5, 5.41) is 0. The highest BCUT2D eigenvalue weighted by molar-refractivity contribution is 6.22. The Balaban J connectivity index is 1.43. The van der Waals surface area contributed by atoms with E-state index in [1.165, 1.54) is 11.1 Å². The molecule has 32 heavy (non-hydrogen) atoms. The lowest BCUT2D eigenvalue weighted by molar-refractivity contribution is 0.104. The standard InChI is InChI=1S/C31H20O/c1-21-3-7-23(8-4-21)11-13-25-15-17-27-28-18-16-26(20-30(28)31(32)29(27)19-25)14-12-24-9-5-22(2)6-10-24/h3-10,15-20H,1-2H3. The van der Waals surface area contributed by atoms with Gasteiger partial charge in [0.1, 0.15) is 0 Å². The summed E-state index contributed by atoms with van der Waals surface area (Å²) in [5.41, 5.74) is 9.35. The quantitative estimate of drug-likeness (QED) is 0.274. The van der Waals surface area contributed by atoms with Crippen LogP contribution in [-0.2, 0) is 0 Å². The number of rotatable bonds is 0. The fraction of sp³-hybridized carbons (Fsp3) is 0.0645. The van der Waals surface area contributed by atoms with Crippen LogP contribution in [0.5, 0.6) is 0 Å². The molecule has 0 radical (unpaired) electrons. The summed E-state index contributed by atoms with van der Waals surface area (Å²) in [7, 11) is 0. The molecule has 0 bridgehead atoms. The van der Waals surface area contributed by atoms with Gasteiger partial charge in [0.15, 0.2) is 5.78 Å². The molecule has 0 amide bonds. The molecule has 0 saturated carbocycles. The summed E-state index contributed by atoms with van der Waals surface area (Å²) in [6.45, 7) is 4.11. The van der Waals surface area contributed by atoms with Crippen LogP contribution in [0.2, 0.25) is 0 Å². The molecule has 0 aromatic heterocycles. The second-order valence-corrected chi connectivity index (χ2v) is 8.08. The summed E-state index contributed by atoms with van der Waals surface area (Å²) < 4.78 is 0. The zero-order chi connectivity index (χ0) is 22.1. The Morgan fingerprint density at radius 2 is 0.781 bits per heavy atom. The van der Waals surface area contributed by atoms with Crippen molar-refractivity contribution in [2.24, 2.45) is 0 Å². The van der Waals surface area contributed by atoms with Gasteiger partial charge < -0.3 is 0 Å². The average Bonchev–Trinajstić information content (AvgIpc) is 3.09. The van der Waals surface area contributed by atoms with Crippen LogP contribution in [0.3, 0.4) is 0 Å². The Bertz CT molecular complexity index is 1360. The first-order valence-electron chi connectivity index (χ1n) is 10.6. The first-order valence-corrected chi connectivity index (χ1v) is 10.6. The molecule has 4 aromatic carbocycles. The second kappa shape index (κ2) is 8.07. The van der Waals surface area contributed by atoms with E-state index in [-0.39, 0.29) is 5.78 Å². The molecular formula is C31H20O. The Hall–Kier alpha value is -4.33. The highest BCUT2D eigenvalue weighted by Gasteiger charge is 2.26. The van der Waals surface area contributed by atoms with Crippen LogP contribution >= 0.6 is 0 Å². The molecule has 0 unspecified atom stereocenters. The molecule has 0 saturated heterocycles. The Labute approximate surface area is 188 Å². The van der Waals surface area contributed by atoms with Crippen LogP contribution in [-0.4, -0.2) is 5.78 Å². The normalized spacial score (nSPS) is 11.0. The number of benzene rings is 4. The van der Waals surface area contributed by atoms with Crippen LogP contribution in [0, 0.1) is 37.5 Å². The first-order chi connectivity index (χ1) is 15.6. The van der Waals surface area contributed by atoms with E-state index in [4.69, 9.17) is 0 Å². The van der Waals surface area contributed by atoms with E-state index in [1.807, 2.05) is 84.9 Å². The molecule has 0 heterocycles. The van der Waals surface area contributed by atoms with Crippen molar-refractivity contribution in [2.45, 2.75) is 13.8 Å². The number of hydrogen-bond acceptors (Lipinski definition) is 1. The highest BCUT2D eigenvalue weighted by Crippen LogP contribution is 2.37. The van der Waals surface area contributed by atoms with Gasteiger partial charge in [-0.05, 0) is 73.5 Å². The van der Waals surface area contributed by atoms with Crippen molar-refractivity contribution < 1.29 is 4.79 Å². The number of ketones is 1. The topological polar surface area (TPSA) is 17.1 Å². The summed E-state index contributed by atoms with van der Waals surface area (Å²) in [6, 6.07) is 28.0. The molecule has 0 aliphatic heterocycles. The van der Waals surface area contributed by atoms with Crippen molar-refractivity contribution in [1.29, 1.82) is 0 Å². The molecule has 1 aliphatic carbocycles. The van der Waals surface area contributed by atoms with Crippen molar-refractivity contribution in [3.63, 3.8) is 0 Å². The predicted molar refractivity (Wildman–Crippen MR) is 130 cm³/mol. The van der Waals surface area contributed by atoms with Gasteiger partial charge >= 0.3 is 0 Å². The number of carbonyl (C=O) groups excluding carboxylic acids is 1. The zero-order valence-corrected chi connectivity index (χ0v) is 18.0. The molecule has 1 aliphatic rings. The summed E-state index contributed by atoms with van der Waals surface area (Å²) >= 11 is 0. The van der Waals surface area contributed by atoms with E-state index in [0.717, 1.165) is 33.4 Å². The van der Waals surface area contributed by atoms with Crippen molar-refractivity contribution in [2.75, 3.05) is 0 Å². The lowest BCUT2D eigenvalue weighted by Crippen LogP contribution is -1.96. The van der Waals surface area contributed by atoms with Crippen molar-refractivity contribution in [3.8, 4) is 34.8 Å². The number of aryl methyl sites for hydroxylation is 2. The fourth-order valence-corrected chi connectivity index (χ4v) is 3.80. The van der Waals surface area contributed by atoms with E-state index in [2.05, 4.69) is 37.5 Å². The Morgan fingerprint density at radius 1 is 0.438 bits per heavy atom. The fourth-order valence-electron chi connectivity index (χ4n) is 3.80. The molecule has 1 nitrogen and oxygen atoms in total. The van der Waals surface area contributed by atoms with E-state index < -0.39 is 0 Å². The molecule has 0 atom stereocenters. The molecule has 150 valence electrons. The minimum atomic E-state index is 0.0352. The van der Waals surface area contributed by atoms with Gasteiger partial charge in [-0.2, -0.15) is 0 Å². The predicted octanol–water partition coefficient (Wildman–Crippen LogP) is 6.31. The molecule has 0 N–H and O–H groups in total. The van der Waals surface area contributed by atoms with E-state index in [9.17, 15) is 4.79 Å². The van der Waals surface area contributed by atoms with Crippen LogP contribution in [0.4, 0.5) is 0 Å². The molecule has 0 fully saturated rings. The third kappa shape index (κ3) is 3.85. The summed E-state index contributed by atoms with van der Waals surface area (Å²) in [6.07, 6.45) is 0. The van der Waals surface area contributed by atoms with E-state index in [0.29, 0.717) is 11.1 Å². The maximum absolute atomic E-state index is 13.1. The second-order valence-electron chi connectivity index (χ2n) is 8.08. The molecule has 1 heteroatoms. The van der Waals surface area contributed by atoms with Crippen molar-refractivity contribution in [1.82, 2.24) is 0 Å². The molecular weight excluding hydrogens is 388 g/mol. The van der Waals surface area contributed by atoms with Gasteiger partial charge in [-0.1, -0.05) is 71.2 Å². The lowest BCUT2D eigenvalue weighted by atomic mass is 10.0. The maximum atomic E-state index is 13.1. The first kappa shape index (κ1) is 19.6. The number of fused-ring (bicyclic) bond motifs is 3. The maximum Gasteiger partial charge on any atom is 0.194 e. The number of carbonyl (C=O) groups is 1. The zero-order valence-electron chi connectivity index (χ0n) is 18.0. The highest BCUT2D eigenvalue weighted by atomic mass is 16.1. The third-order valence-electron chi connectivity index (χ3n) is 5.62. The van der Waals surface area contributed by atoms with Gasteiger partial charge in [-0.15, -0.1) is 0 Å². The molecule has 4 aromatic rings. The van der Waals surface area contributed by atoms with Crippen LogP contribution in [0.15, 0.2) is 84.9 Å². The van der Waals surface area contributed by atoms with E-state index >= 15 is 0 Å². The van der Waals surface area contributed by atoms with Gasteiger partial charge in [-0.3, -0.25) is 4.79 Å². The minimum absolute atomic E-state index is 0.0352. The number of hydrogen-bond donors (Lipinski definition) is 0. The smallest absolute Gasteiger partial charge is 0.194 e. The largest absolute Gasteiger partial charge is 0.289 e. The summed E-state index contributed by atoms with van der Waals surface area (Å²) in [5.74, 6) is 12.8. The van der Waals surface area contributed by atoms with Crippen LogP contribution in [0.25, 0.3) is 11.1 Å². The van der Waals surface area contributed by atoms with Gasteiger partial charge in [0.2, 0.25) is 0 Å². The van der Waals surface area contributed by atoms with Crippen molar-refractivity contribution in [3.05, 3.63) is 129 Å². The third-order valence-corrected chi connectivity index (χ3v) is 5.62. The SMILES string of the molecule is Cc1ccc(C#Cc2ccc3c(c2)C(=O)c2cc(C#Cc4ccc(C)cc4)ccc2-3)cc1. The van der Waals surface area contributed by atoms with Gasteiger partial charge in [0.25, 0.3) is 0 Å². The minimum Gasteiger partial charge on any atom is -0.289 e. The average molecular weight is 409 g/mol. The van der Waals surface area contributed by atoms with Gasteiger partial charge in [0, 0.05) is 33.4 Å². The Morgan fingerprint density at radius 3 is 1.19 bits per heavy atom. The molecule has 5 rings (SSSR count). The Kier molecular flexibility index (Phi) is 4.95. The van der Waals surface area contributed by atoms with E-state index in [1.54, 1.807) is 0 Å². The van der Waals surface area contributed by atoms with Crippen LogP contribution < -0.4 is 0 Å². The monoisotopic (exact) mass is 408 g/mol. The summed E-state index contributed by atoms with van der Waals surface area (Å²) in [4.78, 5) is 13.1. The van der Waals surface area contributed by atoms with Gasteiger partial charge in [-0.25, -0.2) is 0 Å². The lowest BCUT2D eigenvalue weighted by Gasteiger charge is -2.00.